The van der Waals surface area contributed by atoms with Gasteiger partial charge in [-0.15, -0.1) is 0 Å². The van der Waals surface area contributed by atoms with Crippen molar-refractivity contribution in [2.24, 2.45) is 0 Å². The summed E-state index contributed by atoms with van der Waals surface area (Å²) in [5.74, 6) is -5.06. The van der Waals surface area contributed by atoms with Crippen LogP contribution in [0.2, 0.25) is 0 Å². The minimum Gasteiger partial charge on any atom is -0.427 e. The van der Waals surface area contributed by atoms with E-state index in [-0.39, 0.29) is 88.6 Å². The number of imide groups is 3. The Labute approximate surface area is 385 Å². The predicted octanol–water partition coefficient (Wildman–Crippen LogP) is 3.61. The average molecular weight is 954 g/mol. The number of aryl methyl sites for hydroxylation is 1. The van der Waals surface area contributed by atoms with E-state index in [0.717, 1.165) is 24.0 Å². The molecule has 1 aliphatic carbocycles. The molecular weight excluding hydrogens is 907 g/mol. The van der Waals surface area contributed by atoms with E-state index in [4.69, 9.17) is 18.9 Å². The van der Waals surface area contributed by atoms with Crippen molar-refractivity contribution in [2.75, 3.05) is 69.9 Å². The highest BCUT2D eigenvalue weighted by Crippen LogP contribution is 2.46. The smallest absolute Gasteiger partial charge is 0.418 e. The molecule has 2 fully saturated rings. The van der Waals surface area contributed by atoms with Gasteiger partial charge in [-0.05, 0) is 67.3 Å². The number of anilines is 2. The molecule has 3 atom stereocenters. The van der Waals surface area contributed by atoms with Crippen LogP contribution < -0.4 is 21.3 Å². The number of carbonyl (C=O) groups is 8. The van der Waals surface area contributed by atoms with Crippen LogP contribution >= 0.6 is 0 Å². The van der Waals surface area contributed by atoms with Gasteiger partial charge in [-0.2, -0.15) is 13.2 Å². The first-order valence-electron chi connectivity index (χ1n) is 21.6. The summed E-state index contributed by atoms with van der Waals surface area (Å²) in [7, 11) is 0. The van der Waals surface area contributed by atoms with E-state index in [1.165, 1.54) is 30.3 Å². The molecule has 19 nitrogen and oxygen atoms in total. The number of hydrogen-bond donors (Lipinski definition) is 4. The quantitative estimate of drug-likeness (QED) is 0.0722. The molecule has 0 saturated carbocycles. The van der Waals surface area contributed by atoms with Crippen LogP contribution in [0.3, 0.4) is 0 Å². The second-order valence-electron chi connectivity index (χ2n) is 16.1. The Kier molecular flexibility index (Phi) is 15.0. The minimum atomic E-state index is -4.84. The van der Waals surface area contributed by atoms with Crippen LogP contribution in [0.5, 0.6) is 0 Å². The maximum Gasteiger partial charge on any atom is 0.418 e. The molecule has 1 unspecified atom stereocenters. The van der Waals surface area contributed by atoms with Crippen molar-refractivity contribution < 1.29 is 74.9 Å². The number of nitrogens with zero attached hydrogens (tertiary/aromatic N) is 3. The Hall–Kier alpha value is -6.98. The molecule has 7 rings (SSSR count). The van der Waals surface area contributed by atoms with Crippen LogP contribution in [0.4, 0.5) is 38.5 Å². The van der Waals surface area contributed by atoms with Gasteiger partial charge in [0, 0.05) is 49.4 Å². The van der Waals surface area contributed by atoms with Crippen molar-refractivity contribution in [3.63, 3.8) is 0 Å². The van der Waals surface area contributed by atoms with E-state index < -0.39 is 90.3 Å². The molecular formula is C45H47F4N7O12. The summed E-state index contributed by atoms with van der Waals surface area (Å²) >= 11 is 0. The van der Waals surface area contributed by atoms with Gasteiger partial charge < -0.3 is 39.8 Å². The fourth-order valence-corrected chi connectivity index (χ4v) is 8.24. The van der Waals surface area contributed by atoms with Gasteiger partial charge in [-0.3, -0.25) is 39.0 Å². The lowest BCUT2D eigenvalue weighted by molar-refractivity contribution is -0.187. The zero-order valence-electron chi connectivity index (χ0n) is 36.6. The lowest BCUT2D eigenvalue weighted by Crippen LogP contribution is -2.54. The van der Waals surface area contributed by atoms with Crippen molar-refractivity contribution in [3.8, 4) is 0 Å². The number of alkyl halides is 3. The van der Waals surface area contributed by atoms with Gasteiger partial charge >= 0.3 is 18.3 Å². The first kappa shape index (κ1) is 48.9. The number of piperidine rings is 1. The Bertz CT molecular complexity index is 2470. The van der Waals surface area contributed by atoms with Crippen molar-refractivity contribution >= 4 is 58.9 Å². The number of ether oxygens (including phenoxy) is 4. The van der Waals surface area contributed by atoms with Crippen LogP contribution in [-0.2, 0) is 56.7 Å². The Morgan fingerprint density at radius 3 is 2.28 bits per heavy atom. The SMILES string of the molecule is C[C@H](N(Cc1ccc(F)cc1)C(=O)CN1C(=O)O[C@@]2(CCc3cc(NC(=O)NCCOCCOCCOCCNc4cccc5c4C(=O)N(C4CCC(=O)NC4=O)C5=O)ccc32)C1=O)C(F)(F)F. The maximum absolute atomic E-state index is 13.8. The Morgan fingerprint density at radius 2 is 1.59 bits per heavy atom. The molecule has 9 amide bonds. The number of benzene rings is 3. The van der Waals surface area contributed by atoms with Crippen molar-refractivity contribution in [3.05, 3.63) is 94.3 Å². The zero-order valence-corrected chi connectivity index (χ0v) is 36.6. The number of amides is 9. The molecule has 3 aromatic carbocycles. The minimum absolute atomic E-state index is 0.000611. The number of halogens is 4. The molecule has 4 N–H and O–H groups in total. The van der Waals surface area contributed by atoms with Gasteiger partial charge in [-0.25, -0.2) is 18.9 Å². The van der Waals surface area contributed by atoms with Gasteiger partial charge in [-0.1, -0.05) is 24.3 Å². The summed E-state index contributed by atoms with van der Waals surface area (Å²) in [6.45, 7) is 1.06. The topological polar surface area (TPSA) is 231 Å². The highest BCUT2D eigenvalue weighted by atomic mass is 19.4. The largest absolute Gasteiger partial charge is 0.427 e. The number of fused-ring (bicyclic) bond motifs is 3. The third-order valence-electron chi connectivity index (χ3n) is 11.7. The third kappa shape index (κ3) is 10.7. The molecule has 0 bridgehead atoms. The van der Waals surface area contributed by atoms with Crippen LogP contribution in [0, 0.1) is 5.82 Å². The standard InChI is InChI=1S/C45H47F4N7O12/c1-26(45(47,48)49)54(24-27-5-7-29(46)8-6-27)36(58)25-55-41(62)44(68-43(55)64)14-13-28-23-30(9-10-32(28)44)52-42(63)51-16-18-66-20-22-67-21-19-65-17-15-50-33-4-2-3-31-37(33)40(61)56(39(31)60)34-11-12-35(57)53-38(34)59/h2-10,23,26,34,50H,11-22,24-25H2,1H3,(H2,51,52,63)(H,53,57,59)/t26-,34?,44+/m0/s1. The second kappa shape index (κ2) is 20.9. The molecule has 0 radical (unpaired) electrons. The number of nitrogens with one attached hydrogen (secondary N) is 4. The Morgan fingerprint density at radius 1 is 0.897 bits per heavy atom. The summed E-state index contributed by atoms with van der Waals surface area (Å²) in [5, 5.41) is 10.6. The normalized spacial score (nSPS) is 19.2. The number of rotatable bonds is 20. The monoisotopic (exact) mass is 953 g/mol. The maximum atomic E-state index is 13.8. The van der Waals surface area contributed by atoms with Crippen LogP contribution in [0.1, 0.15) is 63.6 Å². The summed E-state index contributed by atoms with van der Waals surface area (Å²) in [6, 6.07) is 9.97. The lowest BCUT2D eigenvalue weighted by atomic mass is 9.94. The van der Waals surface area contributed by atoms with E-state index >= 15 is 0 Å². The summed E-state index contributed by atoms with van der Waals surface area (Å²) in [6.07, 6.45) is -5.71. The molecule has 3 heterocycles. The molecule has 3 aromatic rings. The second-order valence-corrected chi connectivity index (χ2v) is 16.1. The molecule has 3 aliphatic heterocycles. The number of hydrogen-bond acceptors (Lipinski definition) is 13. The van der Waals surface area contributed by atoms with Crippen LogP contribution in [0.15, 0.2) is 60.7 Å². The van der Waals surface area contributed by atoms with Gasteiger partial charge in [0.15, 0.2) is 0 Å². The van der Waals surface area contributed by atoms with Crippen molar-refractivity contribution in [1.29, 1.82) is 0 Å². The summed E-state index contributed by atoms with van der Waals surface area (Å²) < 4.78 is 77.0. The average Bonchev–Trinajstić information content (AvgIpc) is 3.87. The summed E-state index contributed by atoms with van der Waals surface area (Å²) in [4.78, 5) is 105. The predicted molar refractivity (Wildman–Crippen MR) is 228 cm³/mol. The number of carbonyl (C=O) groups excluding carboxylic acids is 8. The molecule has 2 saturated heterocycles. The van der Waals surface area contributed by atoms with E-state index in [1.54, 1.807) is 18.2 Å². The van der Waals surface area contributed by atoms with E-state index in [9.17, 15) is 55.9 Å². The number of urea groups is 1. The molecule has 23 heteroatoms. The zero-order chi connectivity index (χ0) is 48.8. The van der Waals surface area contributed by atoms with Gasteiger partial charge in [0.05, 0.1) is 50.8 Å². The van der Waals surface area contributed by atoms with Gasteiger partial charge in [0.25, 0.3) is 17.7 Å². The first-order valence-corrected chi connectivity index (χ1v) is 21.6. The van der Waals surface area contributed by atoms with Gasteiger partial charge in [0.2, 0.25) is 23.3 Å². The van der Waals surface area contributed by atoms with E-state index in [1.807, 2.05) is 0 Å². The molecule has 0 aromatic heterocycles. The van der Waals surface area contributed by atoms with Crippen molar-refractivity contribution in [1.82, 2.24) is 25.3 Å². The first-order chi connectivity index (χ1) is 32.5. The van der Waals surface area contributed by atoms with Crippen LogP contribution in [0.25, 0.3) is 0 Å². The van der Waals surface area contributed by atoms with E-state index in [2.05, 4.69) is 21.3 Å². The fourth-order valence-electron chi connectivity index (χ4n) is 8.24. The lowest BCUT2D eigenvalue weighted by Gasteiger charge is -2.31. The highest BCUT2D eigenvalue weighted by Gasteiger charge is 2.59. The molecule has 362 valence electrons. The Balaban J connectivity index is 0.771. The summed E-state index contributed by atoms with van der Waals surface area (Å²) in [5.41, 5.74) is 0.372. The molecule has 4 aliphatic rings. The molecule has 68 heavy (non-hydrogen) atoms. The molecule has 1 spiro atoms. The van der Waals surface area contributed by atoms with Crippen molar-refractivity contribution in [2.45, 2.75) is 63.0 Å². The third-order valence-corrected chi connectivity index (χ3v) is 11.7. The van der Waals surface area contributed by atoms with E-state index in [0.29, 0.717) is 38.8 Å². The van der Waals surface area contributed by atoms with Gasteiger partial charge in [0.1, 0.15) is 24.4 Å². The fraction of sp³-hybridized carbons (Fsp3) is 0.422. The van der Waals surface area contributed by atoms with Crippen LogP contribution in [-0.4, -0.2) is 140 Å². The highest BCUT2D eigenvalue weighted by molar-refractivity contribution is 6.25.